The molecule has 1 aliphatic heterocycles. The molecule has 21 heavy (non-hydrogen) atoms. The Kier molecular flexibility index (Phi) is 3.76. The highest BCUT2D eigenvalue weighted by Crippen LogP contribution is 2.45. The lowest BCUT2D eigenvalue weighted by Gasteiger charge is -2.34. The number of carbonyl (C=O) groups excluding carboxylic acids is 1. The molecule has 1 aromatic rings. The molecule has 1 aliphatic carbocycles. The fraction of sp³-hybridized carbons (Fsp3) is 0.588. The van der Waals surface area contributed by atoms with Crippen LogP contribution in [0.15, 0.2) is 24.3 Å². The third-order valence-electron chi connectivity index (χ3n) is 4.94. The van der Waals surface area contributed by atoms with Crippen molar-refractivity contribution < 1.29 is 4.79 Å². The third kappa shape index (κ3) is 2.83. The van der Waals surface area contributed by atoms with Crippen LogP contribution in [0.1, 0.15) is 36.8 Å². The average molecular weight is 287 g/mol. The summed E-state index contributed by atoms with van der Waals surface area (Å²) in [5, 5.41) is 0. The Morgan fingerprint density at radius 2 is 1.81 bits per heavy atom. The largest absolute Gasteiger partial charge is 0.340 e. The second-order valence-electron chi connectivity index (χ2n) is 6.59. The third-order valence-corrected chi connectivity index (χ3v) is 4.94. The summed E-state index contributed by atoms with van der Waals surface area (Å²) in [7, 11) is 2.10. The van der Waals surface area contributed by atoms with E-state index in [1.165, 1.54) is 5.56 Å². The summed E-state index contributed by atoms with van der Waals surface area (Å²) >= 11 is 0. The standard InChI is InChI=1S/C17H25N3O/c1-13(16(21)20-11-9-19(2)10-12-20)14-5-3-4-6-15(14)17(18)7-8-17/h3-6,13H,7-12,18H2,1-2H3. The molecule has 2 fully saturated rings. The van der Waals surface area contributed by atoms with Crippen LogP contribution < -0.4 is 5.73 Å². The summed E-state index contributed by atoms with van der Waals surface area (Å²) in [5.41, 5.74) is 8.46. The monoisotopic (exact) mass is 287 g/mol. The van der Waals surface area contributed by atoms with Crippen LogP contribution >= 0.6 is 0 Å². The predicted octanol–water partition coefficient (Wildman–Crippen LogP) is 1.51. The number of hydrogen-bond donors (Lipinski definition) is 1. The van der Waals surface area contributed by atoms with Gasteiger partial charge in [-0.1, -0.05) is 24.3 Å². The normalized spacial score (nSPS) is 22.9. The molecule has 0 radical (unpaired) electrons. The molecule has 3 rings (SSSR count). The second-order valence-corrected chi connectivity index (χ2v) is 6.59. The Morgan fingerprint density at radius 3 is 2.43 bits per heavy atom. The van der Waals surface area contributed by atoms with Crippen molar-refractivity contribution in [3.8, 4) is 0 Å². The predicted molar refractivity (Wildman–Crippen MR) is 84.0 cm³/mol. The molecule has 0 bridgehead atoms. The van der Waals surface area contributed by atoms with E-state index in [0.717, 1.165) is 44.6 Å². The average Bonchev–Trinajstić information content (AvgIpc) is 3.25. The maximum Gasteiger partial charge on any atom is 0.229 e. The first-order valence-corrected chi connectivity index (χ1v) is 7.87. The van der Waals surface area contributed by atoms with E-state index in [1.54, 1.807) is 0 Å². The maximum atomic E-state index is 12.8. The van der Waals surface area contributed by atoms with Crippen molar-refractivity contribution in [2.24, 2.45) is 5.73 Å². The molecule has 4 heteroatoms. The molecule has 1 unspecified atom stereocenters. The fourth-order valence-electron chi connectivity index (χ4n) is 3.17. The Bertz CT molecular complexity index is 531. The van der Waals surface area contributed by atoms with Crippen LogP contribution in [0.5, 0.6) is 0 Å². The van der Waals surface area contributed by atoms with Gasteiger partial charge in [0.05, 0.1) is 5.92 Å². The Labute approximate surface area is 126 Å². The lowest BCUT2D eigenvalue weighted by atomic mass is 9.89. The smallest absolute Gasteiger partial charge is 0.229 e. The van der Waals surface area contributed by atoms with E-state index in [4.69, 9.17) is 5.73 Å². The quantitative estimate of drug-likeness (QED) is 0.917. The minimum Gasteiger partial charge on any atom is -0.340 e. The maximum absolute atomic E-state index is 12.8. The first-order valence-electron chi connectivity index (χ1n) is 7.87. The number of benzene rings is 1. The zero-order chi connectivity index (χ0) is 15.0. The van der Waals surface area contributed by atoms with Crippen LogP contribution in [0.4, 0.5) is 0 Å². The van der Waals surface area contributed by atoms with E-state index in [0.29, 0.717) is 0 Å². The van der Waals surface area contributed by atoms with Crippen molar-refractivity contribution in [1.82, 2.24) is 9.80 Å². The molecular weight excluding hydrogens is 262 g/mol. The van der Waals surface area contributed by atoms with Gasteiger partial charge in [-0.05, 0) is 37.9 Å². The number of nitrogens with two attached hydrogens (primary N) is 1. The van der Waals surface area contributed by atoms with E-state index in [-0.39, 0.29) is 17.4 Å². The Morgan fingerprint density at radius 1 is 1.19 bits per heavy atom. The number of hydrogen-bond acceptors (Lipinski definition) is 3. The van der Waals surface area contributed by atoms with Crippen molar-refractivity contribution in [2.45, 2.75) is 31.2 Å². The van der Waals surface area contributed by atoms with E-state index >= 15 is 0 Å². The summed E-state index contributed by atoms with van der Waals surface area (Å²) in [6.45, 7) is 5.60. The molecule has 4 nitrogen and oxygen atoms in total. The molecule has 1 saturated carbocycles. The highest BCUT2D eigenvalue weighted by Gasteiger charge is 2.42. The number of carbonyl (C=O) groups is 1. The van der Waals surface area contributed by atoms with Gasteiger partial charge in [0, 0.05) is 31.7 Å². The fourth-order valence-corrected chi connectivity index (χ4v) is 3.17. The Hall–Kier alpha value is -1.39. The highest BCUT2D eigenvalue weighted by atomic mass is 16.2. The van der Waals surface area contributed by atoms with Gasteiger partial charge in [0.25, 0.3) is 0 Å². The van der Waals surface area contributed by atoms with Crippen LogP contribution in [-0.2, 0) is 10.3 Å². The molecule has 1 amide bonds. The lowest BCUT2D eigenvalue weighted by Crippen LogP contribution is -2.48. The van der Waals surface area contributed by atoms with E-state index in [9.17, 15) is 4.79 Å². The zero-order valence-electron chi connectivity index (χ0n) is 13.0. The first kappa shape index (κ1) is 14.5. The van der Waals surface area contributed by atoms with Gasteiger partial charge < -0.3 is 15.5 Å². The SMILES string of the molecule is CC(C(=O)N1CCN(C)CC1)c1ccccc1C1(N)CC1. The molecule has 0 aromatic heterocycles. The number of nitrogens with zero attached hydrogens (tertiary/aromatic N) is 2. The zero-order valence-corrected chi connectivity index (χ0v) is 13.0. The minimum atomic E-state index is -0.187. The molecule has 1 saturated heterocycles. The van der Waals surface area contributed by atoms with Crippen LogP contribution in [-0.4, -0.2) is 48.9 Å². The van der Waals surface area contributed by atoms with Gasteiger partial charge in [-0.2, -0.15) is 0 Å². The van der Waals surface area contributed by atoms with Crippen LogP contribution in [0.25, 0.3) is 0 Å². The number of rotatable bonds is 3. The molecule has 2 aliphatic rings. The van der Waals surface area contributed by atoms with Crippen LogP contribution in [0.3, 0.4) is 0 Å². The van der Waals surface area contributed by atoms with E-state index < -0.39 is 0 Å². The highest BCUT2D eigenvalue weighted by molar-refractivity contribution is 5.84. The van der Waals surface area contributed by atoms with Gasteiger partial charge in [-0.15, -0.1) is 0 Å². The van der Waals surface area contributed by atoms with Gasteiger partial charge in [0.15, 0.2) is 0 Å². The number of piperazine rings is 1. The van der Waals surface area contributed by atoms with Crippen molar-refractivity contribution in [1.29, 1.82) is 0 Å². The molecule has 114 valence electrons. The molecule has 1 atom stereocenters. The molecule has 2 N–H and O–H groups in total. The summed E-state index contributed by atoms with van der Waals surface area (Å²) in [6, 6.07) is 8.20. The van der Waals surface area contributed by atoms with Gasteiger partial charge in [-0.3, -0.25) is 4.79 Å². The van der Waals surface area contributed by atoms with Gasteiger partial charge in [0.1, 0.15) is 0 Å². The van der Waals surface area contributed by atoms with Crippen LogP contribution in [0.2, 0.25) is 0 Å². The van der Waals surface area contributed by atoms with E-state index in [1.807, 2.05) is 24.0 Å². The second kappa shape index (κ2) is 5.43. The molecule has 1 heterocycles. The Balaban J connectivity index is 1.79. The summed E-state index contributed by atoms with van der Waals surface area (Å²) < 4.78 is 0. The van der Waals surface area contributed by atoms with E-state index in [2.05, 4.69) is 24.1 Å². The van der Waals surface area contributed by atoms with Crippen molar-refractivity contribution in [3.63, 3.8) is 0 Å². The van der Waals surface area contributed by atoms with Crippen molar-refractivity contribution >= 4 is 5.91 Å². The van der Waals surface area contributed by atoms with Crippen LogP contribution in [0, 0.1) is 0 Å². The molecule has 1 aromatic carbocycles. The summed E-state index contributed by atoms with van der Waals surface area (Å²) in [6.07, 6.45) is 2.05. The van der Waals surface area contributed by atoms with Crippen molar-refractivity contribution in [3.05, 3.63) is 35.4 Å². The lowest BCUT2D eigenvalue weighted by molar-refractivity contribution is -0.134. The molecular formula is C17H25N3O. The topological polar surface area (TPSA) is 49.6 Å². The summed E-state index contributed by atoms with van der Waals surface area (Å²) in [5.74, 6) is 0.130. The first-order chi connectivity index (χ1) is 10.0. The number of amides is 1. The van der Waals surface area contributed by atoms with Gasteiger partial charge in [-0.25, -0.2) is 0 Å². The minimum absolute atomic E-state index is 0.106. The van der Waals surface area contributed by atoms with Gasteiger partial charge >= 0.3 is 0 Å². The summed E-state index contributed by atoms with van der Waals surface area (Å²) in [4.78, 5) is 17.0. The van der Waals surface area contributed by atoms with Gasteiger partial charge in [0.2, 0.25) is 5.91 Å². The van der Waals surface area contributed by atoms with Crippen molar-refractivity contribution in [2.75, 3.05) is 33.2 Å². The number of likely N-dealkylation sites (N-methyl/N-ethyl adjacent to an activating group) is 1. The molecule has 0 spiro atoms.